The van der Waals surface area contributed by atoms with E-state index in [-0.39, 0.29) is 11.7 Å². The first kappa shape index (κ1) is 22.9. The molecule has 0 aliphatic carbocycles. The van der Waals surface area contributed by atoms with Crippen molar-refractivity contribution in [3.05, 3.63) is 69.7 Å². The van der Waals surface area contributed by atoms with Crippen LogP contribution in [-0.4, -0.2) is 22.2 Å². The second-order valence-electron chi connectivity index (χ2n) is 7.19. The Morgan fingerprint density at radius 3 is 2.39 bits per heavy atom. The fourth-order valence-electron chi connectivity index (χ4n) is 3.40. The average Bonchev–Trinajstić information content (AvgIpc) is 3.33. The van der Waals surface area contributed by atoms with E-state index in [9.17, 15) is 18.0 Å². The summed E-state index contributed by atoms with van der Waals surface area (Å²) in [6.45, 7) is 5.65. The number of halogens is 3. The number of ether oxygens (including phenoxy) is 1. The Hall–Kier alpha value is -3.24. The maximum Gasteiger partial charge on any atom is 0.573 e. The smallest absolute Gasteiger partial charge is 0.406 e. The highest BCUT2D eigenvalue weighted by molar-refractivity contribution is 7.16. The summed E-state index contributed by atoms with van der Waals surface area (Å²) in [5, 5.41) is 6.14. The number of anilines is 1. The van der Waals surface area contributed by atoms with Crippen LogP contribution >= 0.6 is 22.7 Å². The monoisotopic (exact) mass is 489 g/mol. The molecule has 0 spiro atoms. The quantitative estimate of drug-likeness (QED) is 0.328. The Kier molecular flexibility index (Phi) is 6.22. The number of hydrogen-bond acceptors (Lipinski definition) is 6. The van der Waals surface area contributed by atoms with E-state index in [1.54, 1.807) is 30.4 Å². The van der Waals surface area contributed by atoms with Crippen molar-refractivity contribution in [3.8, 4) is 27.4 Å². The van der Waals surface area contributed by atoms with E-state index >= 15 is 0 Å². The van der Waals surface area contributed by atoms with Crippen molar-refractivity contribution in [2.24, 2.45) is 0 Å². The van der Waals surface area contributed by atoms with Crippen LogP contribution in [0.3, 0.4) is 0 Å². The molecule has 10 heteroatoms. The van der Waals surface area contributed by atoms with Gasteiger partial charge in [0, 0.05) is 10.9 Å². The standard InChI is InChI=1S/C23H18F3N3O2S2/c1-12-17(15-7-9-16(10-8-15)31-23(24,25)26)5-4-6-18(12)21(30)29-22-28-19(11-32-22)20-13(2)27-14(3)33-20/h4-11H,1-3H3,(H,28,29,30). The molecule has 5 nitrogen and oxygen atoms in total. The molecular weight excluding hydrogens is 471 g/mol. The summed E-state index contributed by atoms with van der Waals surface area (Å²) in [7, 11) is 0. The second kappa shape index (κ2) is 8.95. The molecule has 0 unspecified atom stereocenters. The fraction of sp³-hybridized carbons (Fsp3) is 0.174. The largest absolute Gasteiger partial charge is 0.573 e. The van der Waals surface area contributed by atoms with Crippen LogP contribution in [0.4, 0.5) is 18.3 Å². The Morgan fingerprint density at radius 1 is 1.03 bits per heavy atom. The third-order valence-electron chi connectivity index (χ3n) is 4.84. The molecule has 4 aromatic rings. The fourth-order valence-corrected chi connectivity index (χ4v) is 5.05. The van der Waals surface area contributed by atoms with Gasteiger partial charge in [-0.1, -0.05) is 24.3 Å². The summed E-state index contributed by atoms with van der Waals surface area (Å²) in [5.41, 5.74) is 4.22. The molecule has 2 heterocycles. The first-order chi connectivity index (χ1) is 15.6. The normalized spacial score (nSPS) is 11.5. The maximum atomic E-state index is 12.9. The number of aryl methyl sites for hydroxylation is 2. The van der Waals surface area contributed by atoms with Crippen molar-refractivity contribution in [2.75, 3.05) is 5.32 Å². The average molecular weight is 490 g/mol. The van der Waals surface area contributed by atoms with E-state index in [0.717, 1.165) is 26.8 Å². The van der Waals surface area contributed by atoms with Gasteiger partial charge < -0.3 is 4.74 Å². The minimum Gasteiger partial charge on any atom is -0.406 e. The molecule has 2 aromatic heterocycles. The molecule has 0 aliphatic heterocycles. The molecule has 0 saturated heterocycles. The molecule has 0 aliphatic rings. The summed E-state index contributed by atoms with van der Waals surface area (Å²) in [6.07, 6.45) is -4.75. The zero-order chi connectivity index (χ0) is 23.8. The number of nitrogens with one attached hydrogen (secondary N) is 1. The predicted octanol–water partition coefficient (Wildman–Crippen LogP) is 7.01. The molecule has 170 valence electrons. The molecule has 0 saturated carbocycles. The minimum absolute atomic E-state index is 0.302. The Bertz CT molecular complexity index is 1310. The van der Waals surface area contributed by atoms with Gasteiger partial charge in [0.15, 0.2) is 5.13 Å². The van der Waals surface area contributed by atoms with E-state index < -0.39 is 6.36 Å². The summed E-state index contributed by atoms with van der Waals surface area (Å²) < 4.78 is 41.1. The SMILES string of the molecule is Cc1nc(C)c(-c2csc(NC(=O)c3cccc(-c4ccc(OC(F)(F)F)cc4)c3C)n2)s1. The number of carbonyl (C=O) groups excluding carboxylic acids is 1. The number of nitrogens with zero attached hydrogens (tertiary/aromatic N) is 2. The van der Waals surface area contributed by atoms with Crippen LogP contribution in [-0.2, 0) is 0 Å². The van der Waals surface area contributed by atoms with E-state index in [1.807, 2.05) is 25.3 Å². The first-order valence-electron chi connectivity index (χ1n) is 9.78. The molecule has 0 bridgehead atoms. The second-order valence-corrected chi connectivity index (χ2v) is 9.25. The number of rotatable bonds is 5. The lowest BCUT2D eigenvalue weighted by molar-refractivity contribution is -0.274. The number of amides is 1. The molecular formula is C23H18F3N3O2S2. The Labute approximate surface area is 195 Å². The van der Waals surface area contributed by atoms with Gasteiger partial charge in [-0.25, -0.2) is 9.97 Å². The van der Waals surface area contributed by atoms with Crippen molar-refractivity contribution >= 4 is 33.7 Å². The highest BCUT2D eigenvalue weighted by atomic mass is 32.1. The van der Waals surface area contributed by atoms with Crippen molar-refractivity contribution < 1.29 is 22.7 Å². The third-order valence-corrected chi connectivity index (χ3v) is 6.69. The van der Waals surface area contributed by atoms with Gasteiger partial charge in [-0.15, -0.1) is 35.8 Å². The number of carbonyl (C=O) groups is 1. The van der Waals surface area contributed by atoms with Crippen molar-refractivity contribution in [1.29, 1.82) is 0 Å². The zero-order valence-electron chi connectivity index (χ0n) is 17.8. The van der Waals surface area contributed by atoms with Crippen LogP contribution in [0.25, 0.3) is 21.7 Å². The molecule has 1 amide bonds. The predicted molar refractivity (Wildman–Crippen MR) is 124 cm³/mol. The summed E-state index contributed by atoms with van der Waals surface area (Å²) >= 11 is 2.88. The molecule has 4 rings (SSSR count). The van der Waals surface area contributed by atoms with E-state index in [1.165, 1.54) is 35.6 Å². The molecule has 33 heavy (non-hydrogen) atoms. The van der Waals surface area contributed by atoms with Gasteiger partial charge in [0.05, 0.1) is 21.3 Å². The lowest BCUT2D eigenvalue weighted by Crippen LogP contribution is -2.17. The van der Waals surface area contributed by atoms with Crippen LogP contribution in [0.2, 0.25) is 0 Å². The van der Waals surface area contributed by atoms with Gasteiger partial charge >= 0.3 is 6.36 Å². The Morgan fingerprint density at radius 2 is 1.76 bits per heavy atom. The van der Waals surface area contributed by atoms with E-state index in [0.29, 0.717) is 21.8 Å². The van der Waals surface area contributed by atoms with Gasteiger partial charge in [-0.3, -0.25) is 10.1 Å². The van der Waals surface area contributed by atoms with Crippen molar-refractivity contribution in [3.63, 3.8) is 0 Å². The highest BCUT2D eigenvalue weighted by Gasteiger charge is 2.31. The van der Waals surface area contributed by atoms with E-state index in [2.05, 4.69) is 20.0 Å². The number of thiazole rings is 2. The number of hydrogen-bond donors (Lipinski definition) is 1. The first-order valence-corrected chi connectivity index (χ1v) is 11.5. The van der Waals surface area contributed by atoms with Crippen LogP contribution < -0.4 is 10.1 Å². The minimum atomic E-state index is -4.75. The van der Waals surface area contributed by atoms with E-state index in [4.69, 9.17) is 0 Å². The molecule has 1 N–H and O–H groups in total. The van der Waals surface area contributed by atoms with Crippen molar-refractivity contribution in [2.45, 2.75) is 27.1 Å². The van der Waals surface area contributed by atoms with Crippen molar-refractivity contribution in [1.82, 2.24) is 9.97 Å². The Balaban J connectivity index is 1.54. The molecule has 2 aromatic carbocycles. The maximum absolute atomic E-state index is 12.9. The summed E-state index contributed by atoms with van der Waals surface area (Å²) in [4.78, 5) is 22.9. The molecule has 0 atom stereocenters. The number of aromatic nitrogens is 2. The van der Waals surface area contributed by atoms with Gasteiger partial charge in [0.25, 0.3) is 5.91 Å². The lowest BCUT2D eigenvalue weighted by Gasteiger charge is -2.12. The van der Waals surface area contributed by atoms with Crippen LogP contribution in [0.15, 0.2) is 47.8 Å². The van der Waals surface area contributed by atoms with Gasteiger partial charge in [-0.2, -0.15) is 0 Å². The lowest BCUT2D eigenvalue weighted by atomic mass is 9.96. The third kappa shape index (κ3) is 5.23. The van der Waals surface area contributed by atoms with Crippen LogP contribution in [0, 0.1) is 20.8 Å². The topological polar surface area (TPSA) is 64.1 Å². The number of benzene rings is 2. The van der Waals surface area contributed by atoms with Crippen LogP contribution in [0.5, 0.6) is 5.75 Å². The zero-order valence-corrected chi connectivity index (χ0v) is 19.4. The summed E-state index contributed by atoms with van der Waals surface area (Å²) in [6, 6.07) is 10.8. The number of alkyl halides is 3. The highest BCUT2D eigenvalue weighted by Crippen LogP contribution is 2.33. The van der Waals surface area contributed by atoms with Gasteiger partial charge in [-0.05, 0) is 55.7 Å². The summed E-state index contributed by atoms with van der Waals surface area (Å²) in [5.74, 6) is -0.617. The van der Waals surface area contributed by atoms with Gasteiger partial charge in [0.2, 0.25) is 0 Å². The van der Waals surface area contributed by atoms with Crippen LogP contribution in [0.1, 0.15) is 26.6 Å². The molecule has 0 fully saturated rings. The van der Waals surface area contributed by atoms with Gasteiger partial charge in [0.1, 0.15) is 5.75 Å². The molecule has 0 radical (unpaired) electrons.